The van der Waals surface area contributed by atoms with Crippen LogP contribution in [0, 0.1) is 6.92 Å². The minimum Gasteiger partial charge on any atom is -0.507 e. The lowest BCUT2D eigenvalue weighted by Crippen LogP contribution is -2.29. The van der Waals surface area contributed by atoms with Crippen molar-refractivity contribution >= 4 is 57.1 Å². The Morgan fingerprint density at radius 2 is 1.86 bits per heavy atom. The Kier molecular flexibility index (Phi) is 5.12. The fourth-order valence-corrected chi connectivity index (χ4v) is 4.28. The molecule has 0 aliphatic carbocycles. The molecule has 3 aromatic rings. The van der Waals surface area contributed by atoms with Crippen LogP contribution in [0.15, 0.2) is 53.5 Å². The molecule has 9 heteroatoms. The van der Waals surface area contributed by atoms with Crippen LogP contribution in [0.3, 0.4) is 0 Å². The van der Waals surface area contributed by atoms with Gasteiger partial charge in [-0.05, 0) is 24.6 Å². The number of ketones is 1. The largest absolute Gasteiger partial charge is 0.507 e. The van der Waals surface area contributed by atoms with Gasteiger partial charge in [-0.1, -0.05) is 70.4 Å². The number of hydrogen-bond donors (Lipinski definition) is 1. The number of benzene rings is 2. The highest BCUT2D eigenvalue weighted by Crippen LogP contribution is 2.44. The van der Waals surface area contributed by atoms with Crippen molar-refractivity contribution in [2.24, 2.45) is 0 Å². The van der Waals surface area contributed by atoms with Gasteiger partial charge in [0, 0.05) is 15.6 Å². The first-order chi connectivity index (χ1) is 13.9. The van der Waals surface area contributed by atoms with E-state index in [1.807, 2.05) is 6.92 Å². The smallest absolute Gasteiger partial charge is 0.301 e. The van der Waals surface area contributed by atoms with E-state index in [4.69, 9.17) is 23.2 Å². The van der Waals surface area contributed by atoms with Crippen molar-refractivity contribution in [2.45, 2.75) is 13.0 Å². The standard InChI is InChI=1S/C20H13Cl2N3O3S/c1-10-2-4-11(5-3-10)17(26)15-16(13-7-6-12(21)8-14(13)22)25(19(28)18(15)27)20-24-23-9-29-20/h2-9,16,26H,1H3/t16-/m0/s1. The van der Waals surface area contributed by atoms with Crippen LogP contribution in [0.25, 0.3) is 5.76 Å². The van der Waals surface area contributed by atoms with Crippen molar-refractivity contribution in [1.29, 1.82) is 0 Å². The average Bonchev–Trinajstić information content (AvgIpc) is 3.29. The van der Waals surface area contributed by atoms with Crippen LogP contribution in [0.1, 0.15) is 22.7 Å². The summed E-state index contributed by atoms with van der Waals surface area (Å²) in [6.07, 6.45) is 0. The summed E-state index contributed by atoms with van der Waals surface area (Å²) in [4.78, 5) is 27.0. The molecule has 0 bridgehead atoms. The normalized spacial score (nSPS) is 18.4. The third-order valence-electron chi connectivity index (χ3n) is 4.58. The number of amides is 1. The molecule has 1 saturated heterocycles. The molecule has 0 spiro atoms. The number of anilines is 1. The number of nitrogens with zero attached hydrogens (tertiary/aromatic N) is 3. The summed E-state index contributed by atoms with van der Waals surface area (Å²) in [7, 11) is 0. The zero-order valence-corrected chi connectivity index (χ0v) is 17.3. The number of halogens is 2. The predicted octanol–water partition coefficient (Wildman–Crippen LogP) is 4.78. The molecule has 2 heterocycles. The first-order valence-corrected chi connectivity index (χ1v) is 10.1. The van der Waals surface area contributed by atoms with Gasteiger partial charge >= 0.3 is 5.91 Å². The fraction of sp³-hybridized carbons (Fsp3) is 0.100. The van der Waals surface area contributed by atoms with E-state index in [2.05, 4.69) is 10.2 Å². The van der Waals surface area contributed by atoms with Gasteiger partial charge < -0.3 is 5.11 Å². The average molecular weight is 446 g/mol. The van der Waals surface area contributed by atoms with Gasteiger partial charge in [0.15, 0.2) is 0 Å². The van der Waals surface area contributed by atoms with E-state index in [0.717, 1.165) is 16.9 Å². The molecule has 1 aliphatic heterocycles. The lowest BCUT2D eigenvalue weighted by atomic mass is 9.95. The molecule has 0 saturated carbocycles. The minimum atomic E-state index is -0.964. The summed E-state index contributed by atoms with van der Waals surface area (Å²) < 4.78 is 0. The summed E-state index contributed by atoms with van der Waals surface area (Å²) in [6, 6.07) is 10.8. The van der Waals surface area contributed by atoms with Crippen molar-refractivity contribution < 1.29 is 14.7 Å². The summed E-state index contributed by atoms with van der Waals surface area (Å²) >= 11 is 13.5. The van der Waals surface area contributed by atoms with Crippen molar-refractivity contribution in [3.63, 3.8) is 0 Å². The van der Waals surface area contributed by atoms with Crippen LogP contribution in [0.4, 0.5) is 5.13 Å². The molecule has 0 unspecified atom stereocenters. The molecule has 4 rings (SSSR count). The molecule has 1 aromatic heterocycles. The Bertz CT molecular complexity index is 1140. The molecule has 2 aromatic carbocycles. The van der Waals surface area contributed by atoms with Crippen LogP contribution in [0.5, 0.6) is 0 Å². The lowest BCUT2D eigenvalue weighted by molar-refractivity contribution is -0.132. The molecule has 0 radical (unpaired) electrons. The number of aliphatic hydroxyl groups is 1. The number of carbonyl (C=O) groups excluding carboxylic acids is 2. The highest BCUT2D eigenvalue weighted by atomic mass is 35.5. The molecule has 1 fully saturated rings. The summed E-state index contributed by atoms with van der Waals surface area (Å²) in [5, 5.41) is 19.6. The first kappa shape index (κ1) is 19.6. The summed E-state index contributed by atoms with van der Waals surface area (Å²) in [5.74, 6) is -1.92. The number of hydrogen-bond acceptors (Lipinski definition) is 6. The maximum absolute atomic E-state index is 12.9. The molecule has 1 aliphatic rings. The molecule has 6 nitrogen and oxygen atoms in total. The van der Waals surface area contributed by atoms with E-state index >= 15 is 0 Å². The van der Waals surface area contributed by atoms with Gasteiger partial charge in [0.2, 0.25) is 5.13 Å². The topological polar surface area (TPSA) is 83.4 Å². The van der Waals surface area contributed by atoms with E-state index in [9.17, 15) is 14.7 Å². The summed E-state index contributed by atoms with van der Waals surface area (Å²) in [6.45, 7) is 1.91. The Labute approximate surface area is 180 Å². The van der Waals surface area contributed by atoms with Gasteiger partial charge in [-0.25, -0.2) is 0 Å². The van der Waals surface area contributed by atoms with Crippen molar-refractivity contribution in [3.8, 4) is 0 Å². The minimum absolute atomic E-state index is 0.0710. The van der Waals surface area contributed by atoms with E-state index < -0.39 is 17.7 Å². The fourth-order valence-electron chi connectivity index (χ4n) is 3.19. The Balaban J connectivity index is 1.97. The van der Waals surface area contributed by atoms with Gasteiger partial charge in [0.25, 0.3) is 5.78 Å². The second kappa shape index (κ2) is 7.59. The molecule has 1 atom stereocenters. The van der Waals surface area contributed by atoms with Crippen molar-refractivity contribution in [1.82, 2.24) is 10.2 Å². The van der Waals surface area contributed by atoms with E-state index in [0.29, 0.717) is 16.1 Å². The molecular formula is C20H13Cl2N3O3S. The van der Waals surface area contributed by atoms with E-state index in [1.54, 1.807) is 36.4 Å². The van der Waals surface area contributed by atoms with Crippen molar-refractivity contribution in [3.05, 3.63) is 80.3 Å². The molecule has 1 amide bonds. The lowest BCUT2D eigenvalue weighted by Gasteiger charge is -2.23. The van der Waals surface area contributed by atoms with Crippen LogP contribution in [-0.4, -0.2) is 27.0 Å². The van der Waals surface area contributed by atoms with E-state index in [-0.39, 0.29) is 21.5 Å². The van der Waals surface area contributed by atoms with Gasteiger partial charge in [-0.15, -0.1) is 10.2 Å². The quantitative estimate of drug-likeness (QED) is 0.356. The Morgan fingerprint density at radius 3 is 2.48 bits per heavy atom. The highest BCUT2D eigenvalue weighted by molar-refractivity contribution is 7.13. The third kappa shape index (κ3) is 3.42. The highest BCUT2D eigenvalue weighted by Gasteiger charge is 2.48. The number of aliphatic hydroxyl groups excluding tert-OH is 1. The molecule has 1 N–H and O–H groups in total. The maximum atomic E-state index is 12.9. The first-order valence-electron chi connectivity index (χ1n) is 8.47. The molecule has 146 valence electrons. The van der Waals surface area contributed by atoms with Crippen LogP contribution >= 0.6 is 34.5 Å². The zero-order valence-electron chi connectivity index (χ0n) is 15.0. The Hall–Kier alpha value is -2.74. The zero-order chi connectivity index (χ0) is 20.7. The van der Waals surface area contributed by atoms with Crippen LogP contribution in [0.2, 0.25) is 10.0 Å². The molecule has 29 heavy (non-hydrogen) atoms. The van der Waals surface area contributed by atoms with Gasteiger partial charge in [-0.2, -0.15) is 0 Å². The SMILES string of the molecule is Cc1ccc(C(O)=C2C(=O)C(=O)N(c3nncs3)[C@H]2c2ccc(Cl)cc2Cl)cc1. The number of carbonyl (C=O) groups is 2. The summed E-state index contributed by atoms with van der Waals surface area (Å²) in [5.41, 5.74) is 3.24. The number of Topliss-reactive ketones (excluding diaryl/α,β-unsaturated/α-hetero) is 1. The number of aromatic nitrogens is 2. The van der Waals surface area contributed by atoms with E-state index in [1.165, 1.54) is 16.5 Å². The monoisotopic (exact) mass is 445 g/mol. The number of aryl methyl sites for hydroxylation is 1. The molecular weight excluding hydrogens is 433 g/mol. The van der Waals surface area contributed by atoms with Crippen molar-refractivity contribution in [2.75, 3.05) is 4.90 Å². The van der Waals surface area contributed by atoms with Gasteiger partial charge in [0.05, 0.1) is 11.6 Å². The second-order valence-electron chi connectivity index (χ2n) is 6.42. The van der Waals surface area contributed by atoms with Crippen LogP contribution < -0.4 is 4.90 Å². The van der Waals surface area contributed by atoms with Gasteiger partial charge in [-0.3, -0.25) is 14.5 Å². The van der Waals surface area contributed by atoms with Gasteiger partial charge in [0.1, 0.15) is 11.3 Å². The number of rotatable bonds is 3. The second-order valence-corrected chi connectivity index (χ2v) is 8.08. The maximum Gasteiger partial charge on any atom is 0.301 e. The predicted molar refractivity (Wildman–Crippen MR) is 112 cm³/mol. The Morgan fingerprint density at radius 1 is 1.14 bits per heavy atom. The van der Waals surface area contributed by atoms with Crippen LogP contribution in [-0.2, 0) is 9.59 Å². The third-order valence-corrected chi connectivity index (χ3v) is 5.83.